The standard InChI is InChI=1S/C8H11N7O2/c1-3-5-7(8(16)17)10-13-15(5)4-6-9-12-14(2)11-6/h3-4H2,1-2H3,(H,16,17). The molecule has 90 valence electrons. The average molecular weight is 237 g/mol. The lowest BCUT2D eigenvalue weighted by molar-refractivity contribution is 0.0689. The molecule has 2 aromatic rings. The number of aryl methyl sites for hydroxylation is 1. The molecule has 0 bridgehead atoms. The second kappa shape index (κ2) is 4.28. The minimum Gasteiger partial charge on any atom is -0.476 e. The fraction of sp³-hybridized carbons (Fsp3) is 0.500. The van der Waals surface area contributed by atoms with Crippen LogP contribution in [0, 0.1) is 0 Å². The summed E-state index contributed by atoms with van der Waals surface area (Å²) in [7, 11) is 1.65. The first-order chi connectivity index (χ1) is 8.11. The first kappa shape index (κ1) is 11.2. The summed E-state index contributed by atoms with van der Waals surface area (Å²) >= 11 is 0. The van der Waals surface area contributed by atoms with E-state index in [9.17, 15) is 4.79 Å². The molecule has 1 N–H and O–H groups in total. The molecule has 9 nitrogen and oxygen atoms in total. The number of rotatable bonds is 4. The number of aromatic carboxylic acids is 1. The monoisotopic (exact) mass is 237 g/mol. The molecule has 0 saturated heterocycles. The third-order valence-electron chi connectivity index (χ3n) is 2.22. The highest BCUT2D eigenvalue weighted by Crippen LogP contribution is 2.07. The molecule has 0 fully saturated rings. The number of aromatic nitrogens is 7. The third kappa shape index (κ3) is 2.12. The normalized spacial score (nSPS) is 10.7. The first-order valence-corrected chi connectivity index (χ1v) is 5.00. The third-order valence-corrected chi connectivity index (χ3v) is 2.22. The number of carboxylic acid groups (broad SMARTS) is 1. The Balaban J connectivity index is 2.30. The quantitative estimate of drug-likeness (QED) is 0.734. The highest BCUT2D eigenvalue weighted by atomic mass is 16.4. The number of hydrogen-bond donors (Lipinski definition) is 1. The van der Waals surface area contributed by atoms with E-state index < -0.39 is 5.97 Å². The van der Waals surface area contributed by atoms with Gasteiger partial charge in [0.15, 0.2) is 11.5 Å². The summed E-state index contributed by atoms with van der Waals surface area (Å²) in [6.07, 6.45) is 0.523. The molecule has 0 aliphatic heterocycles. The van der Waals surface area contributed by atoms with E-state index in [1.807, 2.05) is 6.92 Å². The molecule has 17 heavy (non-hydrogen) atoms. The zero-order valence-electron chi connectivity index (χ0n) is 9.40. The van der Waals surface area contributed by atoms with Crippen LogP contribution in [0.4, 0.5) is 0 Å². The van der Waals surface area contributed by atoms with Crippen molar-refractivity contribution in [1.29, 1.82) is 0 Å². The summed E-state index contributed by atoms with van der Waals surface area (Å²) in [5.41, 5.74) is 0.515. The Hall–Kier alpha value is -2.32. The number of tetrazole rings is 1. The van der Waals surface area contributed by atoms with Crippen molar-refractivity contribution in [1.82, 2.24) is 35.2 Å². The van der Waals surface area contributed by atoms with Gasteiger partial charge in [-0.3, -0.25) is 0 Å². The van der Waals surface area contributed by atoms with Crippen molar-refractivity contribution in [3.05, 3.63) is 17.2 Å². The SMILES string of the molecule is CCc1c(C(=O)O)nnn1Cc1nnn(C)n1. The van der Waals surface area contributed by atoms with Crippen LogP contribution in [0.15, 0.2) is 0 Å². The topological polar surface area (TPSA) is 112 Å². The van der Waals surface area contributed by atoms with Gasteiger partial charge >= 0.3 is 5.97 Å². The van der Waals surface area contributed by atoms with Crippen LogP contribution in [-0.4, -0.2) is 46.3 Å². The van der Waals surface area contributed by atoms with Gasteiger partial charge in [-0.25, -0.2) is 9.48 Å². The van der Waals surface area contributed by atoms with Crippen LogP contribution in [0.2, 0.25) is 0 Å². The molecule has 0 radical (unpaired) electrons. The van der Waals surface area contributed by atoms with Gasteiger partial charge in [0.25, 0.3) is 0 Å². The van der Waals surface area contributed by atoms with E-state index >= 15 is 0 Å². The van der Waals surface area contributed by atoms with Gasteiger partial charge in [0.1, 0.15) is 6.54 Å². The van der Waals surface area contributed by atoms with Gasteiger partial charge in [0.05, 0.1) is 12.7 Å². The molecular weight excluding hydrogens is 226 g/mol. The van der Waals surface area contributed by atoms with Gasteiger partial charge in [0.2, 0.25) is 0 Å². The highest BCUT2D eigenvalue weighted by molar-refractivity contribution is 5.86. The van der Waals surface area contributed by atoms with Crippen LogP contribution in [-0.2, 0) is 20.0 Å². The Morgan fingerprint density at radius 3 is 2.65 bits per heavy atom. The van der Waals surface area contributed by atoms with Gasteiger partial charge in [-0.05, 0) is 11.6 Å². The van der Waals surface area contributed by atoms with Crippen molar-refractivity contribution in [2.75, 3.05) is 0 Å². The van der Waals surface area contributed by atoms with Crippen LogP contribution in [0.1, 0.15) is 28.9 Å². The van der Waals surface area contributed by atoms with E-state index in [4.69, 9.17) is 5.11 Å². The Labute approximate surface area is 96.0 Å². The number of nitrogens with zero attached hydrogens (tertiary/aromatic N) is 7. The maximum absolute atomic E-state index is 10.9. The van der Waals surface area contributed by atoms with Crippen LogP contribution in [0.5, 0.6) is 0 Å². The predicted molar refractivity (Wildman–Crippen MR) is 54.3 cm³/mol. The lowest BCUT2D eigenvalue weighted by Crippen LogP contribution is -2.09. The van der Waals surface area contributed by atoms with Gasteiger partial charge in [-0.2, -0.15) is 4.80 Å². The largest absolute Gasteiger partial charge is 0.476 e. The number of carboxylic acids is 1. The van der Waals surface area contributed by atoms with E-state index in [0.717, 1.165) is 0 Å². The molecule has 9 heteroatoms. The van der Waals surface area contributed by atoms with Crippen molar-refractivity contribution in [2.45, 2.75) is 19.9 Å². The fourth-order valence-electron chi connectivity index (χ4n) is 1.50. The van der Waals surface area contributed by atoms with E-state index in [-0.39, 0.29) is 12.2 Å². The van der Waals surface area contributed by atoms with Crippen LogP contribution < -0.4 is 0 Å². The summed E-state index contributed by atoms with van der Waals surface area (Å²) in [5.74, 6) is -0.621. The lowest BCUT2D eigenvalue weighted by Gasteiger charge is -2.00. The minimum absolute atomic E-state index is 0.0311. The summed E-state index contributed by atoms with van der Waals surface area (Å²) in [6, 6.07) is 0. The molecule has 0 aliphatic rings. The molecule has 2 heterocycles. The summed E-state index contributed by atoms with van der Waals surface area (Å²) in [5, 5.41) is 27.8. The van der Waals surface area contributed by atoms with Crippen molar-refractivity contribution in [2.24, 2.45) is 7.05 Å². The lowest BCUT2D eigenvalue weighted by atomic mass is 10.2. The average Bonchev–Trinajstić information content (AvgIpc) is 2.85. The maximum atomic E-state index is 10.9. The molecule has 0 amide bonds. The van der Waals surface area contributed by atoms with Gasteiger partial charge in [0, 0.05) is 0 Å². The molecule has 0 spiro atoms. The van der Waals surface area contributed by atoms with E-state index in [2.05, 4.69) is 25.7 Å². The smallest absolute Gasteiger partial charge is 0.358 e. The second-order valence-corrected chi connectivity index (χ2v) is 3.40. The predicted octanol–water partition coefficient (Wildman–Crippen LogP) is -0.889. The Morgan fingerprint density at radius 2 is 2.12 bits per heavy atom. The van der Waals surface area contributed by atoms with Crippen LogP contribution >= 0.6 is 0 Å². The fourth-order valence-corrected chi connectivity index (χ4v) is 1.50. The van der Waals surface area contributed by atoms with Crippen molar-refractivity contribution in [3.63, 3.8) is 0 Å². The van der Waals surface area contributed by atoms with E-state index in [1.165, 1.54) is 9.48 Å². The Morgan fingerprint density at radius 1 is 1.35 bits per heavy atom. The van der Waals surface area contributed by atoms with Crippen molar-refractivity contribution < 1.29 is 9.90 Å². The molecule has 0 aliphatic carbocycles. The van der Waals surface area contributed by atoms with E-state index in [0.29, 0.717) is 17.9 Å². The van der Waals surface area contributed by atoms with Gasteiger partial charge in [-0.1, -0.05) is 12.1 Å². The zero-order chi connectivity index (χ0) is 12.4. The number of carbonyl (C=O) groups is 1. The minimum atomic E-state index is -1.08. The van der Waals surface area contributed by atoms with E-state index in [1.54, 1.807) is 7.05 Å². The first-order valence-electron chi connectivity index (χ1n) is 5.00. The molecule has 2 rings (SSSR count). The summed E-state index contributed by atoms with van der Waals surface area (Å²) in [4.78, 5) is 12.2. The molecule has 2 aromatic heterocycles. The number of hydrogen-bond acceptors (Lipinski definition) is 6. The summed E-state index contributed by atoms with van der Waals surface area (Å²) < 4.78 is 1.47. The Kier molecular flexibility index (Phi) is 2.81. The highest BCUT2D eigenvalue weighted by Gasteiger charge is 2.18. The Bertz CT molecular complexity index is 544. The zero-order valence-corrected chi connectivity index (χ0v) is 9.40. The van der Waals surface area contributed by atoms with Crippen LogP contribution in [0.25, 0.3) is 0 Å². The van der Waals surface area contributed by atoms with Gasteiger partial charge < -0.3 is 5.11 Å². The molecule has 0 unspecified atom stereocenters. The van der Waals surface area contributed by atoms with Gasteiger partial charge in [-0.15, -0.1) is 15.3 Å². The van der Waals surface area contributed by atoms with Crippen LogP contribution in [0.3, 0.4) is 0 Å². The molecule has 0 atom stereocenters. The molecular formula is C8H11N7O2. The van der Waals surface area contributed by atoms with Crippen molar-refractivity contribution in [3.8, 4) is 0 Å². The molecule has 0 aromatic carbocycles. The van der Waals surface area contributed by atoms with Crippen molar-refractivity contribution >= 4 is 5.97 Å². The maximum Gasteiger partial charge on any atom is 0.358 e. The second-order valence-electron chi connectivity index (χ2n) is 3.40. The summed E-state index contributed by atoms with van der Waals surface area (Å²) in [6.45, 7) is 2.10. The molecule has 0 saturated carbocycles.